The van der Waals surface area contributed by atoms with E-state index in [0.29, 0.717) is 6.21 Å². The first-order chi connectivity index (χ1) is 6.57. The van der Waals surface area contributed by atoms with E-state index in [4.69, 9.17) is 16.9 Å². The molecule has 14 heavy (non-hydrogen) atoms. The highest BCUT2D eigenvalue weighted by atomic mass is 16.1. The summed E-state index contributed by atoms with van der Waals surface area (Å²) in [7, 11) is 0. The second kappa shape index (κ2) is 3.69. The number of ketones is 1. The number of hydrogen-bond donors (Lipinski definition) is 3. The number of benzene rings is 1. The van der Waals surface area contributed by atoms with Gasteiger partial charge in [-0.3, -0.25) is 9.59 Å². The third kappa shape index (κ3) is 1.61. The van der Waals surface area contributed by atoms with E-state index in [0.717, 1.165) is 0 Å². The van der Waals surface area contributed by atoms with Gasteiger partial charge in [-0.05, 0) is 12.1 Å². The Morgan fingerprint density at radius 3 is 2.50 bits per heavy atom. The standard InChI is InChI=1S/C9H9N3O2/c10-4-7(13)8-5(9(12)14)2-1-3-6(8)11/h1-4,10H,11H2,(H2,12,14). The molecular formula is C9H9N3O2. The molecule has 1 amide bonds. The second-order valence-corrected chi connectivity index (χ2v) is 2.64. The van der Waals surface area contributed by atoms with Crippen LogP contribution in [0.5, 0.6) is 0 Å². The van der Waals surface area contributed by atoms with E-state index in [2.05, 4.69) is 0 Å². The fourth-order valence-corrected chi connectivity index (χ4v) is 1.12. The largest absolute Gasteiger partial charge is 0.398 e. The van der Waals surface area contributed by atoms with Crippen molar-refractivity contribution in [1.29, 1.82) is 5.41 Å². The van der Waals surface area contributed by atoms with Gasteiger partial charge in [0.15, 0.2) is 0 Å². The van der Waals surface area contributed by atoms with Crippen molar-refractivity contribution in [1.82, 2.24) is 0 Å². The van der Waals surface area contributed by atoms with Crippen molar-refractivity contribution < 1.29 is 9.59 Å². The van der Waals surface area contributed by atoms with Crippen LogP contribution in [0.3, 0.4) is 0 Å². The first kappa shape index (κ1) is 9.91. The molecule has 0 heterocycles. The predicted octanol–water partition coefficient (Wildman–Crippen LogP) is 0.200. The van der Waals surface area contributed by atoms with E-state index in [1.807, 2.05) is 0 Å². The molecule has 1 aromatic carbocycles. The molecule has 0 bridgehead atoms. The Bertz CT molecular complexity index is 413. The summed E-state index contributed by atoms with van der Waals surface area (Å²) in [6.07, 6.45) is 0.595. The molecule has 1 rings (SSSR count). The molecule has 5 nitrogen and oxygen atoms in total. The molecule has 0 aromatic heterocycles. The van der Waals surface area contributed by atoms with Crippen molar-refractivity contribution in [2.24, 2.45) is 5.73 Å². The lowest BCUT2D eigenvalue weighted by Crippen LogP contribution is -2.18. The second-order valence-electron chi connectivity index (χ2n) is 2.64. The zero-order chi connectivity index (χ0) is 10.7. The quantitative estimate of drug-likeness (QED) is 0.360. The van der Waals surface area contributed by atoms with Crippen molar-refractivity contribution in [2.45, 2.75) is 0 Å². The van der Waals surface area contributed by atoms with Crippen LogP contribution >= 0.6 is 0 Å². The fraction of sp³-hybridized carbons (Fsp3) is 0. The number of carbonyl (C=O) groups excluding carboxylic acids is 2. The van der Waals surface area contributed by atoms with Crippen LogP contribution in [0.2, 0.25) is 0 Å². The molecule has 5 N–H and O–H groups in total. The third-order valence-corrected chi connectivity index (χ3v) is 1.74. The molecule has 0 saturated heterocycles. The van der Waals surface area contributed by atoms with Crippen LogP contribution < -0.4 is 11.5 Å². The van der Waals surface area contributed by atoms with Gasteiger partial charge in [0.05, 0.1) is 17.3 Å². The minimum atomic E-state index is -0.734. The first-order valence-corrected chi connectivity index (χ1v) is 3.81. The molecule has 0 fully saturated rings. The molecule has 1 aromatic rings. The predicted molar refractivity (Wildman–Crippen MR) is 52.5 cm³/mol. The molecule has 0 aliphatic rings. The summed E-state index contributed by atoms with van der Waals surface area (Å²) >= 11 is 0. The van der Waals surface area contributed by atoms with Crippen molar-refractivity contribution in [2.75, 3.05) is 5.73 Å². The summed E-state index contributed by atoms with van der Waals surface area (Å²) in [5, 5.41) is 6.80. The van der Waals surface area contributed by atoms with Crippen molar-refractivity contribution >= 4 is 23.6 Å². The normalized spacial score (nSPS) is 9.43. The van der Waals surface area contributed by atoms with Crippen LogP contribution in [0.15, 0.2) is 18.2 Å². The molecule has 0 spiro atoms. The Morgan fingerprint density at radius 2 is 2.00 bits per heavy atom. The SMILES string of the molecule is N=CC(=O)c1c(N)cccc1C(N)=O. The molecule has 0 atom stereocenters. The van der Waals surface area contributed by atoms with E-state index < -0.39 is 11.7 Å². The van der Waals surface area contributed by atoms with Gasteiger partial charge in [-0.15, -0.1) is 0 Å². The lowest BCUT2D eigenvalue weighted by Gasteiger charge is -2.05. The zero-order valence-electron chi connectivity index (χ0n) is 7.28. The minimum Gasteiger partial charge on any atom is -0.398 e. The van der Waals surface area contributed by atoms with E-state index >= 15 is 0 Å². The number of nitrogens with one attached hydrogen (secondary N) is 1. The number of amides is 1. The van der Waals surface area contributed by atoms with Gasteiger partial charge in [0.1, 0.15) is 0 Å². The number of Topliss-reactive ketones (excluding diaryl/α,β-unsaturated/α-hetero) is 1. The van der Waals surface area contributed by atoms with Crippen LogP contribution in [0.25, 0.3) is 0 Å². The molecule has 0 unspecified atom stereocenters. The summed E-state index contributed by atoms with van der Waals surface area (Å²) in [6.45, 7) is 0. The lowest BCUT2D eigenvalue weighted by molar-refractivity contribution is 0.0988. The van der Waals surface area contributed by atoms with Crippen LogP contribution in [0, 0.1) is 5.41 Å². The maximum absolute atomic E-state index is 11.2. The van der Waals surface area contributed by atoms with Gasteiger partial charge in [0.2, 0.25) is 11.7 Å². The molecule has 0 radical (unpaired) electrons. The summed E-state index contributed by atoms with van der Waals surface area (Å²) in [5.74, 6) is -1.36. The average molecular weight is 191 g/mol. The van der Waals surface area contributed by atoms with Crippen LogP contribution in [0.1, 0.15) is 20.7 Å². The molecule has 0 saturated carbocycles. The number of carbonyl (C=O) groups is 2. The van der Waals surface area contributed by atoms with Crippen molar-refractivity contribution in [3.8, 4) is 0 Å². The number of anilines is 1. The maximum Gasteiger partial charge on any atom is 0.249 e. The van der Waals surface area contributed by atoms with Crippen LogP contribution in [-0.4, -0.2) is 17.9 Å². The maximum atomic E-state index is 11.2. The van der Waals surface area contributed by atoms with Gasteiger partial charge < -0.3 is 16.9 Å². The zero-order valence-corrected chi connectivity index (χ0v) is 7.28. The van der Waals surface area contributed by atoms with Gasteiger partial charge in [-0.25, -0.2) is 0 Å². The van der Waals surface area contributed by atoms with Gasteiger partial charge in [0.25, 0.3) is 0 Å². The number of hydrogen-bond acceptors (Lipinski definition) is 4. The molecule has 0 aliphatic heterocycles. The Morgan fingerprint density at radius 1 is 1.36 bits per heavy atom. The number of rotatable bonds is 3. The highest BCUT2D eigenvalue weighted by molar-refractivity contribution is 6.37. The monoisotopic (exact) mass is 191 g/mol. The Labute approximate surface area is 80.2 Å². The van der Waals surface area contributed by atoms with Gasteiger partial charge in [0, 0.05) is 5.69 Å². The van der Waals surface area contributed by atoms with Crippen LogP contribution in [-0.2, 0) is 0 Å². The third-order valence-electron chi connectivity index (χ3n) is 1.74. The summed E-state index contributed by atoms with van der Waals surface area (Å²) in [4.78, 5) is 22.2. The van der Waals surface area contributed by atoms with E-state index in [1.54, 1.807) is 0 Å². The number of nitrogens with two attached hydrogens (primary N) is 2. The van der Waals surface area contributed by atoms with E-state index in [1.165, 1.54) is 18.2 Å². The van der Waals surface area contributed by atoms with Crippen molar-refractivity contribution in [3.63, 3.8) is 0 Å². The highest BCUT2D eigenvalue weighted by Crippen LogP contribution is 2.16. The van der Waals surface area contributed by atoms with E-state index in [9.17, 15) is 9.59 Å². The summed E-state index contributed by atoms with van der Waals surface area (Å²) in [5.41, 5.74) is 10.7. The average Bonchev–Trinajstić information content (AvgIpc) is 2.16. The minimum absolute atomic E-state index is 0.00463. The Kier molecular flexibility index (Phi) is 2.62. The number of nitrogen functional groups attached to an aromatic ring is 1. The molecular weight excluding hydrogens is 182 g/mol. The van der Waals surface area contributed by atoms with Gasteiger partial charge >= 0.3 is 0 Å². The first-order valence-electron chi connectivity index (χ1n) is 3.81. The topological polar surface area (TPSA) is 110 Å². The van der Waals surface area contributed by atoms with Crippen LogP contribution in [0.4, 0.5) is 5.69 Å². The van der Waals surface area contributed by atoms with Crippen molar-refractivity contribution in [3.05, 3.63) is 29.3 Å². The molecule has 72 valence electrons. The molecule has 5 heteroatoms. The van der Waals surface area contributed by atoms with Gasteiger partial charge in [-0.2, -0.15) is 0 Å². The lowest BCUT2D eigenvalue weighted by atomic mass is 10.0. The van der Waals surface area contributed by atoms with Gasteiger partial charge in [-0.1, -0.05) is 6.07 Å². The number of primary amides is 1. The summed E-state index contributed by atoms with van der Waals surface area (Å²) in [6, 6.07) is 4.40. The highest BCUT2D eigenvalue weighted by Gasteiger charge is 2.15. The van der Waals surface area contributed by atoms with E-state index in [-0.39, 0.29) is 16.8 Å². The summed E-state index contributed by atoms with van der Waals surface area (Å²) < 4.78 is 0. The Hall–Kier alpha value is -2.17. The molecule has 0 aliphatic carbocycles. The smallest absolute Gasteiger partial charge is 0.249 e. The Balaban J connectivity index is 3.44. The fourth-order valence-electron chi connectivity index (χ4n) is 1.12.